The Labute approximate surface area is 230 Å². The van der Waals surface area contributed by atoms with E-state index in [0.717, 1.165) is 23.1 Å². The van der Waals surface area contributed by atoms with E-state index in [9.17, 15) is 38.8 Å². The molecule has 0 saturated carbocycles. The van der Waals surface area contributed by atoms with E-state index >= 15 is 0 Å². The Kier molecular flexibility index (Phi) is 11.7. The molecule has 3 rings (SSSR count). The fraction of sp³-hybridized carbons (Fsp3) is 0.429. The van der Waals surface area contributed by atoms with Crippen LogP contribution in [0.3, 0.4) is 0 Å². The van der Waals surface area contributed by atoms with E-state index in [2.05, 4.69) is 14.0 Å². The molecule has 7 atom stereocenters. The van der Waals surface area contributed by atoms with Gasteiger partial charge < -0.3 is 48.9 Å². The standard InChI is InChI=1S/C14H19N3O12P2.2Na/c15-9-3-4-17(14(20)16-9)12-11(19)10(18)8(28-12)6-27-31(24,25)29-13(30(21,22)23)7-2-1-5-26-7;;/h1-5,8,10-13,18-19H,6H2,(H,24,25)(H2,15,16,20)(H2,21,22,23);;/q;2*+1/p-2/t8-,10-,11-,12-,13-;;/m1../s1. The maximum absolute atomic E-state index is 12.1. The maximum Gasteiger partial charge on any atom is 1.00 e. The molecular formula is C14H17N3Na2O12P2. The summed E-state index contributed by atoms with van der Waals surface area (Å²) < 4.78 is 43.3. The average molecular weight is 527 g/mol. The molecule has 0 aromatic carbocycles. The summed E-state index contributed by atoms with van der Waals surface area (Å²) >= 11 is 0. The van der Waals surface area contributed by atoms with Crippen LogP contribution in [-0.4, -0.2) is 49.6 Å². The van der Waals surface area contributed by atoms with Crippen LogP contribution in [0.2, 0.25) is 0 Å². The number of phosphoric ester groups is 1. The Morgan fingerprint density at radius 2 is 1.91 bits per heavy atom. The van der Waals surface area contributed by atoms with Crippen molar-refractivity contribution in [2.45, 2.75) is 30.4 Å². The molecule has 0 amide bonds. The maximum atomic E-state index is 12.1. The number of hydrogen-bond donors (Lipinski definition) is 4. The zero-order valence-electron chi connectivity index (χ0n) is 17.4. The number of phosphoric acid groups is 1. The fourth-order valence-corrected chi connectivity index (χ4v) is 4.77. The van der Waals surface area contributed by atoms with Crippen LogP contribution < -0.4 is 80.3 Å². The number of rotatable bonds is 8. The fourth-order valence-electron chi connectivity index (χ4n) is 2.74. The summed E-state index contributed by atoms with van der Waals surface area (Å²) in [6, 6.07) is 3.52. The monoisotopic (exact) mass is 527 g/mol. The quantitative estimate of drug-likeness (QED) is 0.184. The topological polar surface area (TPSA) is 243 Å². The van der Waals surface area contributed by atoms with Gasteiger partial charge in [-0.15, -0.1) is 0 Å². The number of nitrogen functional groups attached to an aromatic ring is 1. The predicted molar refractivity (Wildman–Crippen MR) is 94.8 cm³/mol. The van der Waals surface area contributed by atoms with Gasteiger partial charge in [0.15, 0.2) is 19.7 Å². The third-order valence-electron chi connectivity index (χ3n) is 4.17. The largest absolute Gasteiger partial charge is 1.00 e. The molecule has 0 aliphatic carbocycles. The molecule has 19 heteroatoms. The SMILES string of the molecule is Nc1ccn([C@@H]2O[C@H](COP(=O)([O-])O[C@@H](c3ccco3)P(=O)([O-])O)[C@@H](O)[C@H]2O)c(=O)n1.[Na+].[Na+]. The van der Waals surface area contributed by atoms with Crippen molar-refractivity contribution in [3.05, 3.63) is 46.9 Å². The van der Waals surface area contributed by atoms with Crippen molar-refractivity contribution in [2.75, 3.05) is 12.3 Å². The third kappa shape index (κ3) is 7.79. The Morgan fingerprint density at radius 1 is 1.24 bits per heavy atom. The van der Waals surface area contributed by atoms with Crippen LogP contribution in [0.25, 0.3) is 0 Å². The first-order chi connectivity index (χ1) is 14.4. The van der Waals surface area contributed by atoms with Gasteiger partial charge in [0.25, 0.3) is 7.82 Å². The molecule has 5 N–H and O–H groups in total. The van der Waals surface area contributed by atoms with Gasteiger partial charge in [0.1, 0.15) is 29.9 Å². The van der Waals surface area contributed by atoms with Gasteiger partial charge in [-0.05, 0) is 18.2 Å². The van der Waals surface area contributed by atoms with E-state index in [-0.39, 0.29) is 64.9 Å². The van der Waals surface area contributed by atoms with E-state index in [1.165, 1.54) is 12.1 Å². The van der Waals surface area contributed by atoms with Crippen molar-refractivity contribution >= 4 is 21.2 Å². The minimum Gasteiger partial charge on any atom is -0.776 e. The number of anilines is 1. The van der Waals surface area contributed by atoms with Crippen LogP contribution in [0.5, 0.6) is 0 Å². The molecule has 0 bridgehead atoms. The van der Waals surface area contributed by atoms with Crippen LogP contribution in [-0.2, 0) is 22.9 Å². The zero-order valence-corrected chi connectivity index (χ0v) is 23.2. The van der Waals surface area contributed by atoms with Gasteiger partial charge in [0.2, 0.25) is 0 Å². The summed E-state index contributed by atoms with van der Waals surface area (Å²) in [5.74, 6) is -3.02. The molecule has 1 aliphatic heterocycles. The molecule has 33 heavy (non-hydrogen) atoms. The number of nitrogens with zero attached hydrogens (tertiary/aromatic N) is 2. The minimum atomic E-state index is -5.41. The van der Waals surface area contributed by atoms with Crippen molar-refractivity contribution in [2.24, 2.45) is 0 Å². The number of aromatic nitrogens is 2. The second-order valence-corrected chi connectivity index (χ2v) is 9.33. The van der Waals surface area contributed by atoms with Crippen molar-refractivity contribution in [1.82, 2.24) is 9.55 Å². The first-order valence-electron chi connectivity index (χ1n) is 8.46. The van der Waals surface area contributed by atoms with Crippen molar-refractivity contribution in [3.63, 3.8) is 0 Å². The molecule has 1 aliphatic rings. The summed E-state index contributed by atoms with van der Waals surface area (Å²) in [5, 5.41) is 20.2. The molecule has 2 unspecified atom stereocenters. The minimum absolute atomic E-state index is 0. The van der Waals surface area contributed by atoms with Gasteiger partial charge in [-0.3, -0.25) is 13.7 Å². The van der Waals surface area contributed by atoms with E-state index in [4.69, 9.17) is 14.9 Å². The van der Waals surface area contributed by atoms with Gasteiger partial charge in [0, 0.05) is 6.20 Å². The molecule has 15 nitrogen and oxygen atoms in total. The van der Waals surface area contributed by atoms with Crippen LogP contribution >= 0.6 is 15.4 Å². The molecule has 2 aromatic heterocycles. The molecule has 1 fully saturated rings. The third-order valence-corrected chi connectivity index (χ3v) is 6.22. The summed E-state index contributed by atoms with van der Waals surface area (Å²) in [5.41, 5.74) is 4.48. The number of ether oxygens (including phenoxy) is 1. The summed E-state index contributed by atoms with van der Waals surface area (Å²) in [4.78, 5) is 48.1. The van der Waals surface area contributed by atoms with Crippen LogP contribution in [0.1, 0.15) is 17.8 Å². The van der Waals surface area contributed by atoms with E-state index < -0.39 is 63.9 Å². The molecule has 172 valence electrons. The van der Waals surface area contributed by atoms with Crippen molar-refractivity contribution in [1.29, 1.82) is 0 Å². The summed E-state index contributed by atoms with van der Waals surface area (Å²) in [6.45, 7) is -0.924. The Bertz CT molecular complexity index is 1060. The van der Waals surface area contributed by atoms with Crippen LogP contribution in [0, 0.1) is 0 Å². The molecule has 0 spiro atoms. The second-order valence-electron chi connectivity index (χ2n) is 6.37. The number of hydrogen-bond acceptors (Lipinski definition) is 13. The van der Waals surface area contributed by atoms with Gasteiger partial charge >= 0.3 is 64.8 Å². The summed E-state index contributed by atoms with van der Waals surface area (Å²) in [6.07, 6.45) is -4.10. The van der Waals surface area contributed by atoms with Crippen molar-refractivity contribution in [3.8, 4) is 0 Å². The molecule has 3 heterocycles. The molecular weight excluding hydrogens is 510 g/mol. The first-order valence-corrected chi connectivity index (χ1v) is 11.6. The van der Waals surface area contributed by atoms with Gasteiger partial charge in [-0.2, -0.15) is 4.98 Å². The smallest absolute Gasteiger partial charge is 0.776 e. The van der Waals surface area contributed by atoms with Crippen LogP contribution in [0.15, 0.2) is 39.9 Å². The Hall–Kier alpha value is 0.1000. The predicted octanol–water partition coefficient (Wildman–Crippen LogP) is -8.21. The average Bonchev–Trinajstić information content (AvgIpc) is 3.28. The van der Waals surface area contributed by atoms with E-state index in [1.807, 2.05) is 0 Å². The van der Waals surface area contributed by atoms with Gasteiger partial charge in [-0.1, -0.05) is 0 Å². The van der Waals surface area contributed by atoms with Crippen molar-refractivity contribution < 1.29 is 111 Å². The number of nitrogens with two attached hydrogens (primary N) is 1. The number of aliphatic hydroxyl groups is 2. The van der Waals surface area contributed by atoms with E-state index in [1.54, 1.807) is 0 Å². The number of furan rings is 1. The Morgan fingerprint density at radius 3 is 2.45 bits per heavy atom. The van der Waals surface area contributed by atoms with Gasteiger partial charge in [0.05, 0.1) is 12.9 Å². The molecule has 0 radical (unpaired) electrons. The second kappa shape index (κ2) is 12.4. The number of aliphatic hydroxyl groups excluding tert-OH is 2. The molecule has 1 saturated heterocycles. The van der Waals surface area contributed by atoms with Gasteiger partial charge in [-0.25, -0.2) is 4.79 Å². The zero-order chi connectivity index (χ0) is 23.0. The van der Waals surface area contributed by atoms with E-state index in [0.29, 0.717) is 0 Å². The molecule has 2 aromatic rings. The van der Waals surface area contributed by atoms with Crippen LogP contribution in [0.4, 0.5) is 5.82 Å². The normalized spacial score (nSPS) is 26.9. The summed E-state index contributed by atoms with van der Waals surface area (Å²) in [7, 11) is -10.8. The first kappa shape index (κ1) is 31.1. The Balaban J connectivity index is 0.00000272.